The highest BCUT2D eigenvalue weighted by Crippen LogP contribution is 2.34. The van der Waals surface area contributed by atoms with Gasteiger partial charge in [-0.1, -0.05) is 79.8 Å². The molecule has 1 aliphatic carbocycles. The van der Waals surface area contributed by atoms with E-state index >= 15 is 0 Å². The monoisotopic (exact) mass is 430 g/mol. The van der Waals surface area contributed by atoms with Crippen LogP contribution in [0.1, 0.15) is 53.3 Å². The molecule has 0 saturated carbocycles. The Balaban J connectivity index is 1.86. The number of fused-ring (bicyclic) bond motifs is 1. The summed E-state index contributed by atoms with van der Waals surface area (Å²) in [4.78, 5) is 19.1. The molecule has 158 valence electrons. The van der Waals surface area contributed by atoms with Gasteiger partial charge >= 0.3 is 0 Å². The number of carbonyl (C=O) groups excluding carboxylic acids is 1. The Morgan fingerprint density at radius 1 is 1.13 bits per heavy atom. The summed E-state index contributed by atoms with van der Waals surface area (Å²) in [6, 6.07) is 17.4. The quantitative estimate of drug-likeness (QED) is 0.565. The first kappa shape index (κ1) is 21.2. The Morgan fingerprint density at radius 2 is 1.87 bits per heavy atom. The summed E-state index contributed by atoms with van der Waals surface area (Å²) in [6.07, 6.45) is 11.3. The number of nitrogens with one attached hydrogen (secondary N) is 1. The predicted molar refractivity (Wildman–Crippen MR) is 127 cm³/mol. The Labute approximate surface area is 185 Å². The number of amides is 1. The molecule has 1 heterocycles. The molecule has 31 heavy (non-hydrogen) atoms. The zero-order chi connectivity index (χ0) is 21.8. The molecular weight excluding hydrogens is 404 g/mol. The van der Waals surface area contributed by atoms with Crippen LogP contribution in [0.3, 0.4) is 0 Å². The molecule has 1 amide bonds. The first-order valence-corrected chi connectivity index (χ1v) is 12.1. The van der Waals surface area contributed by atoms with Crippen LogP contribution in [0.5, 0.6) is 0 Å². The summed E-state index contributed by atoms with van der Waals surface area (Å²) in [7, 11) is -1.37. The normalized spacial score (nSPS) is 17.4. The molecule has 1 aliphatic rings. The topological polar surface area (TPSA) is 59.1 Å². The van der Waals surface area contributed by atoms with Gasteiger partial charge in [0.25, 0.3) is 5.91 Å². The van der Waals surface area contributed by atoms with Gasteiger partial charge in [-0.05, 0) is 24.5 Å². The smallest absolute Gasteiger partial charge is 0.253 e. The van der Waals surface area contributed by atoms with Gasteiger partial charge in [-0.15, -0.1) is 0 Å². The molecule has 3 aromatic rings. The number of rotatable bonds is 6. The van der Waals surface area contributed by atoms with E-state index in [4.69, 9.17) is 4.98 Å². The van der Waals surface area contributed by atoms with Crippen molar-refractivity contribution in [3.63, 3.8) is 0 Å². The number of nitrogens with zero attached hydrogens (tertiary/aromatic N) is 1. The minimum atomic E-state index is -1.37. The van der Waals surface area contributed by atoms with E-state index in [-0.39, 0.29) is 17.9 Å². The molecule has 3 atom stereocenters. The van der Waals surface area contributed by atoms with E-state index < -0.39 is 10.8 Å². The highest BCUT2D eigenvalue weighted by atomic mass is 32.2. The van der Waals surface area contributed by atoms with Gasteiger partial charge in [0.15, 0.2) is 0 Å². The van der Waals surface area contributed by atoms with Gasteiger partial charge in [0.05, 0.1) is 38.5 Å². The third-order valence-electron chi connectivity index (χ3n) is 5.64. The summed E-state index contributed by atoms with van der Waals surface area (Å²) in [6.45, 7) is 2.05. The number of aromatic nitrogens is 1. The number of benzene rings is 2. The third-order valence-corrected chi connectivity index (χ3v) is 6.62. The number of para-hydroxylation sites is 1. The fourth-order valence-electron chi connectivity index (χ4n) is 4.10. The Kier molecular flexibility index (Phi) is 6.42. The van der Waals surface area contributed by atoms with Crippen molar-refractivity contribution < 1.29 is 9.00 Å². The van der Waals surface area contributed by atoms with E-state index in [1.807, 2.05) is 73.7 Å². The van der Waals surface area contributed by atoms with E-state index in [0.29, 0.717) is 10.5 Å². The number of pyridine rings is 1. The lowest BCUT2D eigenvalue weighted by molar-refractivity contribution is 0.0934. The molecule has 2 unspecified atom stereocenters. The van der Waals surface area contributed by atoms with Crippen molar-refractivity contribution >= 4 is 27.6 Å². The van der Waals surface area contributed by atoms with Gasteiger partial charge in [-0.3, -0.25) is 14.0 Å². The molecule has 1 aromatic heterocycles. The highest BCUT2D eigenvalue weighted by Gasteiger charge is 2.27. The molecule has 1 N–H and O–H groups in total. The zero-order valence-electron chi connectivity index (χ0n) is 17.7. The molecule has 0 spiro atoms. The number of carbonyl (C=O) groups is 1. The average molecular weight is 431 g/mol. The second kappa shape index (κ2) is 9.40. The van der Waals surface area contributed by atoms with Crippen LogP contribution in [0.4, 0.5) is 0 Å². The number of hydrogen-bond acceptors (Lipinski definition) is 3. The Bertz CT molecular complexity index is 1180. The van der Waals surface area contributed by atoms with Crippen molar-refractivity contribution in [3.8, 4) is 0 Å². The third kappa shape index (κ3) is 4.37. The molecule has 4 nitrogen and oxygen atoms in total. The van der Waals surface area contributed by atoms with E-state index in [1.54, 1.807) is 6.26 Å². The van der Waals surface area contributed by atoms with Crippen molar-refractivity contribution in [1.82, 2.24) is 10.3 Å². The maximum Gasteiger partial charge on any atom is 0.253 e. The van der Waals surface area contributed by atoms with Gasteiger partial charge < -0.3 is 5.32 Å². The summed E-state index contributed by atoms with van der Waals surface area (Å²) in [5.74, 6) is -0.216. The molecule has 0 saturated heterocycles. The van der Waals surface area contributed by atoms with Crippen LogP contribution in [-0.4, -0.2) is 21.4 Å². The fraction of sp³-hybridized carbons (Fsp3) is 0.231. The Morgan fingerprint density at radius 3 is 2.55 bits per heavy atom. The summed E-state index contributed by atoms with van der Waals surface area (Å²) in [5, 5.41) is 3.91. The molecule has 0 radical (unpaired) electrons. The van der Waals surface area contributed by atoms with E-state index in [1.165, 1.54) is 0 Å². The number of hydrogen-bond donors (Lipinski definition) is 1. The van der Waals surface area contributed by atoms with Crippen molar-refractivity contribution in [1.29, 1.82) is 0 Å². The van der Waals surface area contributed by atoms with Gasteiger partial charge in [0.2, 0.25) is 0 Å². The van der Waals surface area contributed by atoms with E-state index in [2.05, 4.69) is 17.5 Å². The minimum absolute atomic E-state index is 0.00356. The molecule has 0 bridgehead atoms. The van der Waals surface area contributed by atoms with Crippen LogP contribution < -0.4 is 5.32 Å². The lowest BCUT2D eigenvalue weighted by atomic mass is 9.94. The molecule has 5 heteroatoms. The maximum atomic E-state index is 13.7. The van der Waals surface area contributed by atoms with Crippen LogP contribution in [0.25, 0.3) is 10.9 Å². The van der Waals surface area contributed by atoms with Crippen molar-refractivity contribution in [2.45, 2.75) is 36.6 Å². The van der Waals surface area contributed by atoms with Crippen LogP contribution in [-0.2, 0) is 10.8 Å². The minimum Gasteiger partial charge on any atom is -0.345 e. The number of allylic oxidation sites excluding steroid dienone is 4. The molecular formula is C26H26N2O2S. The first-order chi connectivity index (χ1) is 15.1. The molecule has 4 rings (SSSR count). The lowest BCUT2D eigenvalue weighted by Gasteiger charge is -2.22. The average Bonchev–Trinajstić information content (AvgIpc) is 2.82. The summed E-state index contributed by atoms with van der Waals surface area (Å²) >= 11 is 0. The SMILES string of the molecule is CC[C@H](NC(=O)c1c(S(C)=O)c(C2C=CC=CC2)nc2ccccc12)c1ccccc1. The predicted octanol–water partition coefficient (Wildman–Crippen LogP) is 5.45. The lowest BCUT2D eigenvalue weighted by Crippen LogP contribution is -2.30. The van der Waals surface area contributed by atoms with Gasteiger partial charge in [0, 0.05) is 17.6 Å². The largest absolute Gasteiger partial charge is 0.345 e. The van der Waals surface area contributed by atoms with Crippen molar-refractivity contribution in [3.05, 3.63) is 95.7 Å². The fourth-order valence-corrected chi connectivity index (χ4v) is 5.08. The molecule has 2 aromatic carbocycles. The summed E-state index contributed by atoms with van der Waals surface area (Å²) < 4.78 is 13.0. The van der Waals surface area contributed by atoms with Crippen LogP contribution in [0.15, 0.2) is 83.8 Å². The molecule has 0 fully saturated rings. The highest BCUT2D eigenvalue weighted by molar-refractivity contribution is 7.84. The van der Waals surface area contributed by atoms with Gasteiger partial charge in [-0.2, -0.15) is 0 Å². The second-order valence-electron chi connectivity index (χ2n) is 7.67. The van der Waals surface area contributed by atoms with Crippen molar-refractivity contribution in [2.75, 3.05) is 6.26 Å². The van der Waals surface area contributed by atoms with E-state index in [9.17, 15) is 9.00 Å². The second-order valence-corrected chi connectivity index (χ2v) is 8.99. The molecule has 0 aliphatic heterocycles. The van der Waals surface area contributed by atoms with Crippen molar-refractivity contribution in [2.24, 2.45) is 0 Å². The van der Waals surface area contributed by atoms with Crippen LogP contribution in [0.2, 0.25) is 0 Å². The summed E-state index contributed by atoms with van der Waals surface area (Å²) in [5.41, 5.74) is 2.99. The van der Waals surface area contributed by atoms with Crippen LogP contribution in [0, 0.1) is 0 Å². The van der Waals surface area contributed by atoms with E-state index in [0.717, 1.165) is 35.0 Å². The Hall–Kier alpha value is -3.05. The van der Waals surface area contributed by atoms with Gasteiger partial charge in [-0.25, -0.2) is 0 Å². The van der Waals surface area contributed by atoms with Gasteiger partial charge in [0.1, 0.15) is 0 Å². The maximum absolute atomic E-state index is 13.7. The zero-order valence-corrected chi connectivity index (χ0v) is 18.6. The standard InChI is InChI=1S/C26H26N2O2S/c1-3-21(18-12-6-4-7-13-18)28-26(29)23-20-16-10-11-17-22(20)27-24(25(23)31(2)30)19-14-8-5-9-15-19/h4-14,16-17,19,21H,3,15H2,1-2H3,(H,28,29)/t19?,21-,31?/m0/s1. The first-order valence-electron chi connectivity index (χ1n) is 10.5. The van der Waals surface area contributed by atoms with Crippen LogP contribution >= 0.6 is 0 Å².